The van der Waals surface area contributed by atoms with Crippen LogP contribution in [0.15, 0.2) is 24.3 Å². The summed E-state index contributed by atoms with van der Waals surface area (Å²) in [5.41, 5.74) is 0.998. The molecule has 2 rings (SSSR count). The van der Waals surface area contributed by atoms with Crippen LogP contribution in [0.25, 0.3) is 0 Å². The van der Waals surface area contributed by atoms with Gasteiger partial charge in [-0.1, -0.05) is 25.0 Å². The van der Waals surface area contributed by atoms with Crippen LogP contribution in [0.2, 0.25) is 0 Å². The molecule has 1 saturated heterocycles. The van der Waals surface area contributed by atoms with Gasteiger partial charge < -0.3 is 9.64 Å². The van der Waals surface area contributed by atoms with Gasteiger partial charge in [-0.25, -0.2) is 0 Å². The van der Waals surface area contributed by atoms with E-state index in [1.54, 1.807) is 0 Å². The summed E-state index contributed by atoms with van der Waals surface area (Å²) < 4.78 is 5.41. The number of likely N-dealkylation sites (tertiary alicyclic amines) is 1. The second kappa shape index (κ2) is 8.43. The van der Waals surface area contributed by atoms with Crippen LogP contribution in [0.4, 0.5) is 0 Å². The molecule has 0 radical (unpaired) electrons. The van der Waals surface area contributed by atoms with Crippen molar-refractivity contribution in [2.24, 2.45) is 5.92 Å². The molecule has 1 aromatic carbocycles. The third-order valence-electron chi connectivity index (χ3n) is 4.05. The Morgan fingerprint density at radius 3 is 2.41 bits per heavy atom. The van der Waals surface area contributed by atoms with E-state index in [9.17, 15) is 10.1 Å². The molecule has 1 unspecified atom stereocenters. The fourth-order valence-corrected chi connectivity index (χ4v) is 2.82. The smallest absolute Gasteiger partial charge is 0.240 e. The van der Waals surface area contributed by atoms with E-state index in [-0.39, 0.29) is 5.91 Å². The number of rotatable bonds is 5. The van der Waals surface area contributed by atoms with E-state index in [0.29, 0.717) is 13.0 Å². The van der Waals surface area contributed by atoms with Crippen LogP contribution in [-0.4, -0.2) is 30.5 Å². The second-order valence-electron chi connectivity index (χ2n) is 5.70. The van der Waals surface area contributed by atoms with Crippen LogP contribution in [0, 0.1) is 17.2 Å². The van der Waals surface area contributed by atoms with Crippen molar-refractivity contribution in [1.29, 1.82) is 5.26 Å². The van der Waals surface area contributed by atoms with E-state index >= 15 is 0 Å². The number of ether oxygens (including phenoxy) is 1. The third kappa shape index (κ3) is 4.49. The molecule has 0 saturated carbocycles. The molecule has 1 heterocycles. The highest BCUT2D eigenvalue weighted by molar-refractivity contribution is 5.81. The number of hydrogen-bond acceptors (Lipinski definition) is 3. The number of nitrogens with zero attached hydrogens (tertiary/aromatic N) is 2. The van der Waals surface area contributed by atoms with Crippen molar-refractivity contribution in [3.8, 4) is 11.8 Å². The molecule has 0 aromatic heterocycles. The Morgan fingerprint density at radius 2 is 1.86 bits per heavy atom. The Bertz CT molecular complexity index is 511. The zero-order valence-electron chi connectivity index (χ0n) is 13.3. The topological polar surface area (TPSA) is 53.3 Å². The van der Waals surface area contributed by atoms with Gasteiger partial charge in [-0.15, -0.1) is 0 Å². The maximum atomic E-state index is 12.5. The van der Waals surface area contributed by atoms with Crippen LogP contribution in [0.1, 0.15) is 38.2 Å². The number of hydrogen-bond donors (Lipinski definition) is 0. The molecule has 1 aliphatic rings. The van der Waals surface area contributed by atoms with Gasteiger partial charge in [-0.2, -0.15) is 5.26 Å². The van der Waals surface area contributed by atoms with Gasteiger partial charge in [-0.05, 0) is 43.9 Å². The molecule has 22 heavy (non-hydrogen) atoms. The first-order valence-electron chi connectivity index (χ1n) is 8.14. The molecule has 1 fully saturated rings. The molecular weight excluding hydrogens is 276 g/mol. The average Bonchev–Trinajstić information content (AvgIpc) is 2.83. The molecule has 0 spiro atoms. The van der Waals surface area contributed by atoms with Crippen LogP contribution in [0.5, 0.6) is 5.75 Å². The lowest BCUT2D eigenvalue weighted by Gasteiger charge is -2.23. The van der Waals surface area contributed by atoms with E-state index in [1.165, 1.54) is 12.8 Å². The van der Waals surface area contributed by atoms with Gasteiger partial charge in [0, 0.05) is 13.1 Å². The molecule has 1 atom stereocenters. The number of carbonyl (C=O) groups is 1. The Balaban J connectivity index is 1.98. The predicted molar refractivity (Wildman–Crippen MR) is 85.5 cm³/mol. The summed E-state index contributed by atoms with van der Waals surface area (Å²) in [6.07, 6.45) is 4.93. The molecule has 118 valence electrons. The van der Waals surface area contributed by atoms with Crippen LogP contribution < -0.4 is 4.74 Å². The summed E-state index contributed by atoms with van der Waals surface area (Å²) in [7, 11) is 0. The Labute approximate surface area is 132 Å². The van der Waals surface area contributed by atoms with Crippen LogP contribution >= 0.6 is 0 Å². The molecule has 1 amide bonds. The molecule has 1 aromatic rings. The first-order valence-corrected chi connectivity index (χ1v) is 8.14. The van der Waals surface area contributed by atoms with Crippen LogP contribution in [-0.2, 0) is 11.2 Å². The van der Waals surface area contributed by atoms with Crippen molar-refractivity contribution in [1.82, 2.24) is 4.90 Å². The van der Waals surface area contributed by atoms with E-state index in [1.807, 2.05) is 36.1 Å². The molecule has 0 bridgehead atoms. The van der Waals surface area contributed by atoms with E-state index < -0.39 is 5.92 Å². The Kier molecular flexibility index (Phi) is 6.27. The van der Waals surface area contributed by atoms with Crippen molar-refractivity contribution in [2.45, 2.75) is 39.0 Å². The van der Waals surface area contributed by atoms with Gasteiger partial charge in [0.25, 0.3) is 0 Å². The minimum atomic E-state index is -0.587. The summed E-state index contributed by atoms with van der Waals surface area (Å²) in [4.78, 5) is 14.4. The lowest BCUT2D eigenvalue weighted by molar-refractivity contribution is -0.133. The largest absolute Gasteiger partial charge is 0.494 e. The summed E-state index contributed by atoms with van der Waals surface area (Å²) in [6, 6.07) is 9.84. The van der Waals surface area contributed by atoms with E-state index in [2.05, 4.69) is 6.07 Å². The van der Waals surface area contributed by atoms with Crippen molar-refractivity contribution in [3.63, 3.8) is 0 Å². The number of carbonyl (C=O) groups excluding carboxylic acids is 1. The standard InChI is InChI=1S/C18H24N2O2/c1-2-22-17-9-7-15(8-10-17)13-16(14-19)18(21)20-11-5-3-4-6-12-20/h7-10,16H,2-6,11-13H2,1H3. The van der Waals surface area contributed by atoms with Crippen molar-refractivity contribution in [2.75, 3.05) is 19.7 Å². The maximum absolute atomic E-state index is 12.5. The third-order valence-corrected chi connectivity index (χ3v) is 4.05. The molecule has 4 nitrogen and oxygen atoms in total. The second-order valence-corrected chi connectivity index (χ2v) is 5.70. The van der Waals surface area contributed by atoms with Crippen LogP contribution in [0.3, 0.4) is 0 Å². The quantitative estimate of drug-likeness (QED) is 0.839. The number of nitriles is 1. The first kappa shape index (κ1) is 16.4. The van der Waals surface area contributed by atoms with Gasteiger partial charge in [0.1, 0.15) is 11.7 Å². The lowest BCUT2D eigenvalue weighted by Crippen LogP contribution is -2.37. The van der Waals surface area contributed by atoms with Crippen molar-refractivity contribution >= 4 is 5.91 Å². The zero-order valence-corrected chi connectivity index (χ0v) is 13.3. The van der Waals surface area contributed by atoms with Crippen molar-refractivity contribution < 1.29 is 9.53 Å². The van der Waals surface area contributed by atoms with Gasteiger partial charge in [0.05, 0.1) is 12.7 Å². The van der Waals surface area contributed by atoms with Crippen molar-refractivity contribution in [3.05, 3.63) is 29.8 Å². The molecule has 4 heteroatoms. The van der Waals surface area contributed by atoms with Gasteiger partial charge >= 0.3 is 0 Å². The Morgan fingerprint density at radius 1 is 1.23 bits per heavy atom. The minimum Gasteiger partial charge on any atom is -0.494 e. The molecule has 1 aliphatic heterocycles. The van der Waals surface area contributed by atoms with E-state index in [0.717, 1.165) is 37.2 Å². The highest BCUT2D eigenvalue weighted by Gasteiger charge is 2.25. The highest BCUT2D eigenvalue weighted by atomic mass is 16.5. The predicted octanol–water partition coefficient (Wildman–Crippen LogP) is 3.17. The first-order chi connectivity index (χ1) is 10.7. The lowest BCUT2D eigenvalue weighted by atomic mass is 9.99. The van der Waals surface area contributed by atoms with Gasteiger partial charge in [0.15, 0.2) is 0 Å². The number of benzene rings is 1. The van der Waals surface area contributed by atoms with Gasteiger partial charge in [0.2, 0.25) is 5.91 Å². The Hall–Kier alpha value is -2.02. The van der Waals surface area contributed by atoms with E-state index in [4.69, 9.17) is 4.74 Å². The average molecular weight is 300 g/mol. The SMILES string of the molecule is CCOc1ccc(CC(C#N)C(=O)N2CCCCCC2)cc1. The summed E-state index contributed by atoms with van der Waals surface area (Å²) >= 11 is 0. The summed E-state index contributed by atoms with van der Waals surface area (Å²) in [5, 5.41) is 9.38. The zero-order chi connectivity index (χ0) is 15.8. The fourth-order valence-electron chi connectivity index (χ4n) is 2.82. The van der Waals surface area contributed by atoms with Gasteiger partial charge in [-0.3, -0.25) is 4.79 Å². The normalized spacial score (nSPS) is 16.5. The highest BCUT2D eigenvalue weighted by Crippen LogP contribution is 2.18. The summed E-state index contributed by atoms with van der Waals surface area (Å²) in [6.45, 7) is 4.16. The molecule has 0 aliphatic carbocycles. The molecular formula is C18H24N2O2. The maximum Gasteiger partial charge on any atom is 0.240 e. The minimum absolute atomic E-state index is 0.0155. The number of amides is 1. The fraction of sp³-hybridized carbons (Fsp3) is 0.556. The monoisotopic (exact) mass is 300 g/mol. The summed E-state index contributed by atoms with van der Waals surface area (Å²) in [5.74, 6) is 0.216. The molecule has 0 N–H and O–H groups in total.